The maximum atomic E-state index is 15.5. The minimum absolute atomic E-state index is 0.712. The Hall–Kier alpha value is -1.50. The summed E-state index contributed by atoms with van der Waals surface area (Å²) in [5, 5.41) is 4.99. The average Bonchev–Trinajstić information content (AvgIpc) is 3.04. The van der Waals surface area contributed by atoms with E-state index in [1.165, 1.54) is 15.9 Å². The van der Waals surface area contributed by atoms with Gasteiger partial charge in [-0.05, 0) is 0 Å². The van der Waals surface area contributed by atoms with Crippen molar-refractivity contribution in [2.75, 3.05) is 0 Å². The average molecular weight is 985 g/mol. The Labute approximate surface area is 327 Å². The van der Waals surface area contributed by atoms with Crippen LogP contribution in [0.5, 0.6) is 0 Å². The number of rotatable bonds is 10. The van der Waals surface area contributed by atoms with Crippen LogP contribution >= 0.6 is 0 Å². The molecule has 0 amide bonds. The van der Waals surface area contributed by atoms with Crippen LogP contribution in [0, 0.1) is 0 Å². The first kappa shape index (κ1) is 42.2. The van der Waals surface area contributed by atoms with E-state index in [1.54, 1.807) is 52.4 Å². The van der Waals surface area contributed by atoms with Crippen molar-refractivity contribution < 1.29 is 16.4 Å². The van der Waals surface area contributed by atoms with Gasteiger partial charge in [0.05, 0.1) is 0 Å². The molecule has 0 spiro atoms. The predicted octanol–water partition coefficient (Wildman–Crippen LogP) is 5.03. The number of halogens is 4. The van der Waals surface area contributed by atoms with Gasteiger partial charge in [-0.1, -0.05) is 0 Å². The second kappa shape index (κ2) is 17.3. The first-order valence-electron chi connectivity index (χ1n) is 17.4. The zero-order valence-electron chi connectivity index (χ0n) is 31.6. The SMILES string of the molecule is C[Si](C)(F)c1cccc[c]1[Sn][c]1ccccc1[Si](C)(C)F.C[Si](C)c1cccc[c]1[Sn]([c]1ccccc1[Si](C)(C)F)[c]1ccccc1[Si](C)(C)F. The molecular formula is C40H50F4Si5Sn2. The molecule has 0 saturated carbocycles. The van der Waals surface area contributed by atoms with E-state index in [9.17, 15) is 8.22 Å². The van der Waals surface area contributed by atoms with Crippen molar-refractivity contribution in [3.8, 4) is 0 Å². The Balaban J connectivity index is 0.000000244. The first-order valence-corrected chi connectivity index (χ1v) is 38.5. The predicted molar refractivity (Wildman–Crippen MR) is 232 cm³/mol. The summed E-state index contributed by atoms with van der Waals surface area (Å²) in [6.07, 6.45) is 0. The molecule has 5 aromatic rings. The summed E-state index contributed by atoms with van der Waals surface area (Å²) in [6.45, 7) is 18.6. The molecule has 4 radical (unpaired) electrons. The Morgan fingerprint density at radius 1 is 0.412 bits per heavy atom. The Morgan fingerprint density at radius 2 is 0.706 bits per heavy atom. The number of hydrogen-bond acceptors (Lipinski definition) is 0. The maximum absolute atomic E-state index is 15.5. The van der Waals surface area contributed by atoms with Gasteiger partial charge in [-0.2, -0.15) is 0 Å². The van der Waals surface area contributed by atoms with Crippen molar-refractivity contribution >= 4 is 127 Å². The zero-order chi connectivity index (χ0) is 37.8. The molecule has 0 aliphatic carbocycles. The molecule has 266 valence electrons. The molecule has 0 nitrogen and oxygen atoms in total. The van der Waals surface area contributed by atoms with E-state index in [2.05, 4.69) is 49.5 Å². The topological polar surface area (TPSA) is 0 Å². The molecule has 0 unspecified atom stereocenters. The number of benzene rings is 5. The quantitative estimate of drug-likeness (QED) is 0.105. The summed E-state index contributed by atoms with van der Waals surface area (Å²) in [5.41, 5.74) is 0. The normalized spacial score (nSPS) is 12.5. The fraction of sp³-hybridized carbons (Fsp3) is 0.250. The Bertz CT molecular complexity index is 1810. The fourth-order valence-electron chi connectivity index (χ4n) is 6.38. The molecule has 5 aromatic carbocycles. The van der Waals surface area contributed by atoms with Gasteiger partial charge in [0.15, 0.2) is 0 Å². The van der Waals surface area contributed by atoms with E-state index >= 15 is 8.22 Å². The molecule has 51 heavy (non-hydrogen) atoms. The molecule has 11 heteroatoms. The van der Waals surface area contributed by atoms with Gasteiger partial charge in [0, 0.05) is 0 Å². The summed E-state index contributed by atoms with van der Waals surface area (Å²) < 4.78 is 66.1. The fourth-order valence-corrected chi connectivity index (χ4v) is 38.8. The van der Waals surface area contributed by atoms with E-state index in [4.69, 9.17) is 0 Å². The van der Waals surface area contributed by atoms with Crippen molar-refractivity contribution in [3.63, 3.8) is 0 Å². The van der Waals surface area contributed by atoms with E-state index in [0.29, 0.717) is 0 Å². The van der Waals surface area contributed by atoms with Crippen LogP contribution in [-0.4, -0.2) is 83.3 Å². The second-order valence-corrected chi connectivity index (χ2v) is 42.1. The number of hydrogen-bond donors (Lipinski definition) is 0. The second-order valence-electron chi connectivity index (χ2n) is 15.1. The van der Waals surface area contributed by atoms with Crippen LogP contribution in [0.25, 0.3) is 0 Å². The summed E-state index contributed by atoms with van der Waals surface area (Å²) >= 11 is -4.05. The van der Waals surface area contributed by atoms with Crippen LogP contribution in [0.2, 0.25) is 65.5 Å². The molecule has 0 aliphatic rings. The molecule has 0 fully saturated rings. The van der Waals surface area contributed by atoms with Gasteiger partial charge >= 0.3 is 330 Å². The van der Waals surface area contributed by atoms with Crippen molar-refractivity contribution in [3.05, 3.63) is 121 Å². The molecule has 0 atom stereocenters. The van der Waals surface area contributed by atoms with E-state index in [1.807, 2.05) is 84.9 Å². The molecule has 5 rings (SSSR count). The Kier molecular flexibility index (Phi) is 14.3. The summed E-state index contributed by atoms with van der Waals surface area (Å²) in [6, 6.07) is 40.6. The molecule has 0 saturated heterocycles. The van der Waals surface area contributed by atoms with Gasteiger partial charge in [0.1, 0.15) is 0 Å². The van der Waals surface area contributed by atoms with Gasteiger partial charge in [0.25, 0.3) is 0 Å². The van der Waals surface area contributed by atoms with E-state index in [-0.39, 0.29) is 0 Å². The van der Waals surface area contributed by atoms with Gasteiger partial charge < -0.3 is 0 Å². The van der Waals surface area contributed by atoms with Crippen LogP contribution < -0.4 is 43.8 Å². The van der Waals surface area contributed by atoms with Gasteiger partial charge in [-0.25, -0.2) is 0 Å². The third kappa shape index (κ3) is 11.0. The van der Waals surface area contributed by atoms with Crippen LogP contribution in [0.1, 0.15) is 0 Å². The van der Waals surface area contributed by atoms with Gasteiger partial charge in [-0.3, -0.25) is 0 Å². The van der Waals surface area contributed by atoms with Crippen molar-refractivity contribution in [1.29, 1.82) is 0 Å². The van der Waals surface area contributed by atoms with E-state index in [0.717, 1.165) is 27.9 Å². The first-order chi connectivity index (χ1) is 23.7. The van der Waals surface area contributed by atoms with Crippen LogP contribution in [0.3, 0.4) is 0 Å². The molecule has 0 aromatic heterocycles. The van der Waals surface area contributed by atoms with Crippen LogP contribution in [0.15, 0.2) is 121 Å². The third-order valence-corrected chi connectivity index (χ3v) is 33.1. The molecule has 0 aliphatic heterocycles. The summed E-state index contributed by atoms with van der Waals surface area (Å²) in [5.74, 6) is 0. The van der Waals surface area contributed by atoms with Crippen molar-refractivity contribution in [2.24, 2.45) is 0 Å². The van der Waals surface area contributed by atoms with Crippen LogP contribution in [-0.2, 0) is 0 Å². The molecule has 0 N–H and O–H groups in total. The minimum atomic E-state index is -3.04. The van der Waals surface area contributed by atoms with Gasteiger partial charge in [0.2, 0.25) is 0 Å². The molecule has 0 bridgehead atoms. The zero-order valence-corrected chi connectivity index (χ0v) is 42.3. The van der Waals surface area contributed by atoms with E-state index < -0.39 is 83.3 Å². The van der Waals surface area contributed by atoms with Gasteiger partial charge in [-0.15, -0.1) is 0 Å². The Morgan fingerprint density at radius 3 is 1.06 bits per heavy atom. The summed E-state index contributed by atoms with van der Waals surface area (Å²) in [7, 11) is -12.5. The summed E-state index contributed by atoms with van der Waals surface area (Å²) in [4.78, 5) is 0. The van der Waals surface area contributed by atoms with Crippen molar-refractivity contribution in [1.82, 2.24) is 0 Å². The van der Waals surface area contributed by atoms with Crippen molar-refractivity contribution in [2.45, 2.75) is 65.5 Å². The standard InChI is InChI=1S/4C8H10FSi.C8H10Si.2Sn/c4*1-10(2,9)8-6-4-3-5-7-8;1-9(2)8-6-4-3-5-7-8;;/h4*3-6H,1-2H3;3-6H,1-2H3;;. The monoisotopic (exact) mass is 986 g/mol. The molecule has 0 heterocycles. The molecular weight excluding hydrogens is 934 g/mol. The van der Waals surface area contributed by atoms with Crippen LogP contribution in [0.4, 0.5) is 16.4 Å². The third-order valence-electron chi connectivity index (χ3n) is 8.81.